The van der Waals surface area contributed by atoms with E-state index in [1.54, 1.807) is 6.92 Å². The molecular formula is C15H20O2S. The quantitative estimate of drug-likeness (QED) is 0.903. The summed E-state index contributed by atoms with van der Waals surface area (Å²) in [5, 5.41) is 9.04. The number of hydrogen-bond donors (Lipinski definition) is 1. The number of carbonyl (C=O) groups is 1. The Morgan fingerprint density at radius 1 is 1.39 bits per heavy atom. The molecule has 1 aromatic carbocycles. The molecule has 1 heterocycles. The lowest BCUT2D eigenvalue weighted by molar-refractivity contribution is -0.141. The second kappa shape index (κ2) is 6.28. The highest BCUT2D eigenvalue weighted by Gasteiger charge is 2.20. The summed E-state index contributed by atoms with van der Waals surface area (Å²) in [7, 11) is 0. The molecule has 0 amide bonds. The van der Waals surface area contributed by atoms with Crippen LogP contribution in [0, 0.1) is 5.92 Å². The number of benzene rings is 1. The summed E-state index contributed by atoms with van der Waals surface area (Å²) in [5.41, 5.74) is 2.61. The van der Waals surface area contributed by atoms with Crippen molar-refractivity contribution in [3.05, 3.63) is 35.4 Å². The lowest BCUT2D eigenvalue weighted by Gasteiger charge is -2.24. The molecule has 0 aliphatic carbocycles. The zero-order chi connectivity index (χ0) is 13.0. The van der Waals surface area contributed by atoms with Crippen molar-refractivity contribution in [1.82, 2.24) is 0 Å². The molecule has 1 atom stereocenters. The minimum atomic E-state index is -0.705. The van der Waals surface area contributed by atoms with Gasteiger partial charge in [0, 0.05) is 0 Å². The first-order valence-electron chi connectivity index (χ1n) is 6.57. The highest BCUT2D eigenvalue weighted by Crippen LogP contribution is 2.34. The molecule has 1 aliphatic rings. The van der Waals surface area contributed by atoms with Crippen molar-refractivity contribution >= 4 is 17.7 Å². The van der Waals surface area contributed by atoms with Gasteiger partial charge in [0.1, 0.15) is 0 Å². The lowest BCUT2D eigenvalue weighted by atomic mass is 9.86. The Bertz CT molecular complexity index is 411. The first-order chi connectivity index (χ1) is 8.68. The summed E-state index contributed by atoms with van der Waals surface area (Å²) in [6.07, 6.45) is 3.10. The molecular weight excluding hydrogens is 244 g/mol. The van der Waals surface area contributed by atoms with Crippen molar-refractivity contribution in [3.8, 4) is 0 Å². The predicted molar refractivity (Wildman–Crippen MR) is 76.2 cm³/mol. The van der Waals surface area contributed by atoms with Gasteiger partial charge in [-0.15, -0.1) is 0 Å². The fourth-order valence-electron chi connectivity index (χ4n) is 2.54. The number of carboxylic acid groups (broad SMARTS) is 1. The highest BCUT2D eigenvalue weighted by atomic mass is 32.2. The summed E-state index contributed by atoms with van der Waals surface area (Å²) in [4.78, 5) is 11.0. The maximum Gasteiger partial charge on any atom is 0.306 e. The fraction of sp³-hybridized carbons (Fsp3) is 0.533. The van der Waals surface area contributed by atoms with E-state index in [-0.39, 0.29) is 5.92 Å². The van der Waals surface area contributed by atoms with E-state index in [0.717, 1.165) is 0 Å². The van der Waals surface area contributed by atoms with Crippen LogP contribution in [-0.4, -0.2) is 22.6 Å². The molecule has 2 rings (SSSR count). The minimum Gasteiger partial charge on any atom is -0.481 e. The van der Waals surface area contributed by atoms with E-state index in [1.165, 1.54) is 35.5 Å². The number of thioether (sulfide) groups is 1. The molecule has 1 unspecified atom stereocenters. The standard InChI is InChI=1S/C15H20O2S/c1-11(15(16)17)10-13-4-2-3-5-14(13)12-6-8-18-9-7-12/h2-5,11-12H,6-10H2,1H3,(H,16,17). The van der Waals surface area contributed by atoms with E-state index in [4.69, 9.17) is 5.11 Å². The van der Waals surface area contributed by atoms with Crippen LogP contribution in [0.15, 0.2) is 24.3 Å². The maximum atomic E-state index is 11.0. The van der Waals surface area contributed by atoms with Gasteiger partial charge < -0.3 is 5.11 Å². The lowest BCUT2D eigenvalue weighted by Crippen LogP contribution is -2.15. The number of aliphatic carboxylic acids is 1. The normalized spacial score (nSPS) is 18.5. The van der Waals surface area contributed by atoms with E-state index in [9.17, 15) is 4.79 Å². The third-order valence-electron chi connectivity index (χ3n) is 3.66. The molecule has 2 nitrogen and oxygen atoms in total. The monoisotopic (exact) mass is 264 g/mol. The van der Waals surface area contributed by atoms with Crippen molar-refractivity contribution in [2.24, 2.45) is 5.92 Å². The average Bonchev–Trinajstić information content (AvgIpc) is 2.40. The summed E-state index contributed by atoms with van der Waals surface area (Å²) >= 11 is 2.02. The molecule has 0 spiro atoms. The number of rotatable bonds is 4. The van der Waals surface area contributed by atoms with Gasteiger partial charge in [0.05, 0.1) is 5.92 Å². The zero-order valence-corrected chi connectivity index (χ0v) is 11.6. The Hall–Kier alpha value is -0.960. The topological polar surface area (TPSA) is 37.3 Å². The van der Waals surface area contributed by atoms with Crippen molar-refractivity contribution in [1.29, 1.82) is 0 Å². The number of hydrogen-bond acceptors (Lipinski definition) is 2. The average molecular weight is 264 g/mol. The Kier molecular flexibility index (Phi) is 4.70. The predicted octanol–water partition coefficient (Wildman–Crippen LogP) is 3.56. The Morgan fingerprint density at radius 2 is 2.06 bits per heavy atom. The van der Waals surface area contributed by atoms with Crippen LogP contribution in [0.5, 0.6) is 0 Å². The molecule has 0 bridgehead atoms. The molecule has 0 aromatic heterocycles. The molecule has 0 radical (unpaired) electrons. The molecule has 1 saturated heterocycles. The van der Waals surface area contributed by atoms with Gasteiger partial charge in [-0.3, -0.25) is 4.79 Å². The molecule has 3 heteroatoms. The molecule has 0 saturated carbocycles. The van der Waals surface area contributed by atoms with Crippen LogP contribution in [0.1, 0.15) is 36.8 Å². The summed E-state index contributed by atoms with van der Waals surface area (Å²) in [6, 6.07) is 8.37. The van der Waals surface area contributed by atoms with E-state index < -0.39 is 5.97 Å². The summed E-state index contributed by atoms with van der Waals surface area (Å²) in [5.74, 6) is 2.08. The molecule has 98 valence electrons. The van der Waals surface area contributed by atoms with Gasteiger partial charge in [-0.05, 0) is 47.8 Å². The molecule has 1 fully saturated rings. The van der Waals surface area contributed by atoms with Crippen LogP contribution in [-0.2, 0) is 11.2 Å². The minimum absolute atomic E-state index is 0.302. The fourth-order valence-corrected chi connectivity index (χ4v) is 3.65. The summed E-state index contributed by atoms with van der Waals surface area (Å²) in [6.45, 7) is 1.79. The first kappa shape index (κ1) is 13.5. The SMILES string of the molecule is CC(Cc1ccccc1C1CCSCC1)C(=O)O. The van der Waals surface area contributed by atoms with Gasteiger partial charge >= 0.3 is 5.97 Å². The van der Waals surface area contributed by atoms with Gasteiger partial charge in [0.2, 0.25) is 0 Å². The third kappa shape index (κ3) is 3.29. The van der Waals surface area contributed by atoms with E-state index in [0.29, 0.717) is 12.3 Å². The van der Waals surface area contributed by atoms with Crippen LogP contribution >= 0.6 is 11.8 Å². The molecule has 1 N–H and O–H groups in total. The van der Waals surface area contributed by atoms with Crippen LogP contribution in [0.4, 0.5) is 0 Å². The van der Waals surface area contributed by atoms with Gasteiger partial charge in [-0.1, -0.05) is 31.2 Å². The molecule has 1 aromatic rings. The summed E-state index contributed by atoms with van der Waals surface area (Å²) < 4.78 is 0. The zero-order valence-electron chi connectivity index (χ0n) is 10.8. The second-order valence-electron chi connectivity index (χ2n) is 5.03. The van der Waals surface area contributed by atoms with Crippen LogP contribution < -0.4 is 0 Å². The van der Waals surface area contributed by atoms with Gasteiger partial charge in [-0.25, -0.2) is 0 Å². The largest absolute Gasteiger partial charge is 0.481 e. The van der Waals surface area contributed by atoms with Gasteiger partial charge in [0.25, 0.3) is 0 Å². The van der Waals surface area contributed by atoms with E-state index in [2.05, 4.69) is 18.2 Å². The Morgan fingerprint density at radius 3 is 2.72 bits per heavy atom. The molecule has 1 aliphatic heterocycles. The molecule has 18 heavy (non-hydrogen) atoms. The van der Waals surface area contributed by atoms with Crippen LogP contribution in [0.3, 0.4) is 0 Å². The Balaban J connectivity index is 2.16. The van der Waals surface area contributed by atoms with Crippen molar-refractivity contribution in [2.45, 2.75) is 32.1 Å². The van der Waals surface area contributed by atoms with E-state index in [1.807, 2.05) is 17.8 Å². The van der Waals surface area contributed by atoms with Crippen molar-refractivity contribution in [3.63, 3.8) is 0 Å². The van der Waals surface area contributed by atoms with Crippen molar-refractivity contribution in [2.75, 3.05) is 11.5 Å². The first-order valence-corrected chi connectivity index (χ1v) is 7.72. The Labute approximate surface area is 113 Å². The van der Waals surface area contributed by atoms with Crippen molar-refractivity contribution < 1.29 is 9.90 Å². The third-order valence-corrected chi connectivity index (χ3v) is 4.71. The van der Waals surface area contributed by atoms with Gasteiger partial charge in [-0.2, -0.15) is 11.8 Å². The maximum absolute atomic E-state index is 11.0. The second-order valence-corrected chi connectivity index (χ2v) is 6.25. The number of carboxylic acids is 1. The van der Waals surface area contributed by atoms with E-state index >= 15 is 0 Å². The van der Waals surface area contributed by atoms with Gasteiger partial charge in [0.15, 0.2) is 0 Å². The van der Waals surface area contributed by atoms with Crippen LogP contribution in [0.2, 0.25) is 0 Å². The smallest absolute Gasteiger partial charge is 0.306 e. The highest BCUT2D eigenvalue weighted by molar-refractivity contribution is 7.99. The van der Waals surface area contributed by atoms with Crippen LogP contribution in [0.25, 0.3) is 0 Å².